The highest BCUT2D eigenvalue weighted by Crippen LogP contribution is 2.30. The summed E-state index contributed by atoms with van der Waals surface area (Å²) in [5.74, 6) is -0.826. The zero-order chi connectivity index (χ0) is 13.0. The van der Waals surface area contributed by atoms with Gasteiger partial charge in [0.1, 0.15) is 0 Å². The van der Waals surface area contributed by atoms with Crippen molar-refractivity contribution in [3.8, 4) is 0 Å². The molecule has 0 bridgehead atoms. The molecule has 1 aliphatic carbocycles. The van der Waals surface area contributed by atoms with E-state index in [2.05, 4.69) is 15.5 Å². The molecule has 0 unspecified atom stereocenters. The number of anilines is 1. The third-order valence-corrected chi connectivity index (χ3v) is 4.52. The molecular weight excluding hydrogens is 274 g/mol. The van der Waals surface area contributed by atoms with Crippen LogP contribution in [0.3, 0.4) is 0 Å². The van der Waals surface area contributed by atoms with Gasteiger partial charge in [0.05, 0.1) is 11.9 Å². The SMILES string of the molecule is CCOC1CC(Nc2nnc(SCC(=O)O)s2)C1. The number of nitrogens with zero attached hydrogens (tertiary/aromatic N) is 2. The minimum atomic E-state index is -0.844. The van der Waals surface area contributed by atoms with E-state index in [0.717, 1.165) is 24.6 Å². The van der Waals surface area contributed by atoms with Gasteiger partial charge >= 0.3 is 5.97 Å². The fourth-order valence-corrected chi connectivity index (χ4v) is 3.23. The van der Waals surface area contributed by atoms with Crippen LogP contribution in [0.25, 0.3) is 0 Å². The predicted octanol–water partition coefficient (Wildman–Crippen LogP) is 1.69. The first-order chi connectivity index (χ1) is 8.67. The van der Waals surface area contributed by atoms with Gasteiger partial charge in [-0.25, -0.2) is 0 Å². The number of aromatic nitrogens is 2. The summed E-state index contributed by atoms with van der Waals surface area (Å²) in [5.41, 5.74) is 0. The van der Waals surface area contributed by atoms with Crippen LogP contribution in [-0.2, 0) is 9.53 Å². The van der Waals surface area contributed by atoms with Crippen LogP contribution in [0.5, 0.6) is 0 Å². The lowest BCUT2D eigenvalue weighted by Gasteiger charge is -2.35. The second-order valence-electron chi connectivity index (χ2n) is 3.95. The summed E-state index contributed by atoms with van der Waals surface area (Å²) in [6, 6.07) is 0.395. The number of carbonyl (C=O) groups is 1. The van der Waals surface area contributed by atoms with Gasteiger partial charge in [-0.2, -0.15) is 0 Å². The molecule has 1 aliphatic rings. The third kappa shape index (κ3) is 3.82. The average molecular weight is 289 g/mol. The van der Waals surface area contributed by atoms with E-state index in [1.807, 2.05) is 6.92 Å². The molecule has 2 N–H and O–H groups in total. The summed E-state index contributed by atoms with van der Waals surface area (Å²) < 4.78 is 6.15. The van der Waals surface area contributed by atoms with Crippen molar-refractivity contribution < 1.29 is 14.6 Å². The normalized spacial score (nSPS) is 22.5. The molecule has 0 atom stereocenters. The maximum absolute atomic E-state index is 10.4. The molecule has 0 saturated heterocycles. The van der Waals surface area contributed by atoms with Gasteiger partial charge in [-0.3, -0.25) is 4.79 Å². The first kappa shape index (κ1) is 13.6. The predicted molar refractivity (Wildman–Crippen MR) is 70.3 cm³/mol. The van der Waals surface area contributed by atoms with Crippen molar-refractivity contribution in [1.29, 1.82) is 0 Å². The van der Waals surface area contributed by atoms with Crippen molar-refractivity contribution in [3.05, 3.63) is 0 Å². The van der Waals surface area contributed by atoms with Gasteiger partial charge in [-0.05, 0) is 19.8 Å². The van der Waals surface area contributed by atoms with E-state index < -0.39 is 5.97 Å². The number of nitrogens with one attached hydrogen (secondary N) is 1. The summed E-state index contributed by atoms with van der Waals surface area (Å²) >= 11 is 2.58. The third-order valence-electron chi connectivity index (χ3n) is 2.55. The van der Waals surface area contributed by atoms with E-state index in [1.54, 1.807) is 0 Å². The maximum atomic E-state index is 10.4. The molecule has 8 heteroatoms. The van der Waals surface area contributed by atoms with E-state index in [-0.39, 0.29) is 5.75 Å². The Balaban J connectivity index is 1.72. The van der Waals surface area contributed by atoms with Crippen LogP contribution in [0.4, 0.5) is 5.13 Å². The molecular formula is C10H15N3O3S2. The minimum absolute atomic E-state index is 0.0183. The Bertz CT molecular complexity index is 407. The molecule has 1 heterocycles. The Morgan fingerprint density at radius 3 is 3.06 bits per heavy atom. The van der Waals surface area contributed by atoms with Crippen LogP contribution in [0, 0.1) is 0 Å². The summed E-state index contributed by atoms with van der Waals surface area (Å²) in [5, 5.41) is 20.5. The van der Waals surface area contributed by atoms with Gasteiger partial charge in [0, 0.05) is 12.6 Å². The summed E-state index contributed by atoms with van der Waals surface area (Å²) in [6.07, 6.45) is 2.34. The molecule has 1 aromatic heterocycles. The lowest BCUT2D eigenvalue weighted by Crippen LogP contribution is -2.40. The number of carboxylic acids is 1. The molecule has 0 radical (unpaired) electrons. The quantitative estimate of drug-likeness (QED) is 0.739. The van der Waals surface area contributed by atoms with Crippen LogP contribution < -0.4 is 5.32 Å². The van der Waals surface area contributed by atoms with E-state index >= 15 is 0 Å². The number of aliphatic carboxylic acids is 1. The Morgan fingerprint density at radius 2 is 2.39 bits per heavy atom. The van der Waals surface area contributed by atoms with Crippen molar-refractivity contribution in [3.63, 3.8) is 0 Å². The first-order valence-electron chi connectivity index (χ1n) is 5.73. The van der Waals surface area contributed by atoms with Crippen molar-refractivity contribution in [2.24, 2.45) is 0 Å². The largest absolute Gasteiger partial charge is 0.481 e. The van der Waals surface area contributed by atoms with Gasteiger partial charge in [-0.15, -0.1) is 10.2 Å². The van der Waals surface area contributed by atoms with E-state index in [0.29, 0.717) is 16.5 Å². The molecule has 0 aliphatic heterocycles. The highest BCUT2D eigenvalue weighted by molar-refractivity contribution is 8.01. The van der Waals surface area contributed by atoms with E-state index in [9.17, 15) is 4.79 Å². The Hall–Kier alpha value is -0.860. The fourth-order valence-electron chi connectivity index (χ4n) is 1.68. The van der Waals surface area contributed by atoms with Gasteiger partial charge in [-0.1, -0.05) is 23.1 Å². The second kappa shape index (κ2) is 6.35. The lowest BCUT2D eigenvalue weighted by atomic mass is 9.89. The number of ether oxygens (including phenoxy) is 1. The lowest BCUT2D eigenvalue weighted by molar-refractivity contribution is -0.133. The maximum Gasteiger partial charge on any atom is 0.313 e. The van der Waals surface area contributed by atoms with Crippen LogP contribution in [0.1, 0.15) is 19.8 Å². The number of hydrogen-bond donors (Lipinski definition) is 2. The molecule has 100 valence electrons. The van der Waals surface area contributed by atoms with Gasteiger partial charge < -0.3 is 15.2 Å². The Labute approximate surface area is 113 Å². The van der Waals surface area contributed by atoms with Crippen LogP contribution in [0.2, 0.25) is 0 Å². The molecule has 0 aromatic carbocycles. The Kier molecular flexibility index (Phi) is 4.79. The number of hydrogen-bond acceptors (Lipinski definition) is 7. The van der Waals surface area contributed by atoms with Crippen molar-refractivity contribution >= 4 is 34.2 Å². The Morgan fingerprint density at radius 1 is 1.61 bits per heavy atom. The molecule has 0 amide bonds. The molecule has 1 aromatic rings. The second-order valence-corrected chi connectivity index (χ2v) is 6.15. The molecule has 1 fully saturated rings. The first-order valence-corrected chi connectivity index (χ1v) is 7.53. The van der Waals surface area contributed by atoms with Gasteiger partial charge in [0.25, 0.3) is 0 Å². The smallest absolute Gasteiger partial charge is 0.313 e. The fraction of sp³-hybridized carbons (Fsp3) is 0.700. The van der Waals surface area contributed by atoms with Crippen molar-refractivity contribution in [1.82, 2.24) is 10.2 Å². The van der Waals surface area contributed by atoms with E-state index in [1.165, 1.54) is 23.1 Å². The van der Waals surface area contributed by atoms with Crippen LogP contribution >= 0.6 is 23.1 Å². The number of carboxylic acid groups (broad SMARTS) is 1. The average Bonchev–Trinajstić information content (AvgIpc) is 2.71. The monoisotopic (exact) mass is 289 g/mol. The molecule has 0 spiro atoms. The van der Waals surface area contributed by atoms with Crippen LogP contribution in [-0.4, -0.2) is 45.8 Å². The molecule has 18 heavy (non-hydrogen) atoms. The molecule has 1 saturated carbocycles. The summed E-state index contributed by atoms with van der Waals surface area (Å²) in [4.78, 5) is 10.4. The topological polar surface area (TPSA) is 84.3 Å². The summed E-state index contributed by atoms with van der Waals surface area (Å²) in [7, 11) is 0. The standard InChI is InChI=1S/C10H15N3O3S2/c1-2-16-7-3-6(4-7)11-9-12-13-10(18-9)17-5-8(14)15/h6-7H,2-5H2,1H3,(H,11,12)(H,14,15). The van der Waals surface area contributed by atoms with Crippen molar-refractivity contribution in [2.45, 2.75) is 36.3 Å². The van der Waals surface area contributed by atoms with Crippen molar-refractivity contribution in [2.75, 3.05) is 17.7 Å². The summed E-state index contributed by atoms with van der Waals surface area (Å²) in [6.45, 7) is 2.75. The van der Waals surface area contributed by atoms with E-state index in [4.69, 9.17) is 9.84 Å². The molecule has 6 nitrogen and oxygen atoms in total. The highest BCUT2D eigenvalue weighted by Gasteiger charge is 2.30. The van der Waals surface area contributed by atoms with Gasteiger partial charge in [0.15, 0.2) is 4.34 Å². The number of thioether (sulfide) groups is 1. The zero-order valence-corrected chi connectivity index (χ0v) is 11.6. The van der Waals surface area contributed by atoms with Crippen LogP contribution in [0.15, 0.2) is 4.34 Å². The zero-order valence-electron chi connectivity index (χ0n) is 9.96. The molecule has 2 rings (SSSR count). The minimum Gasteiger partial charge on any atom is -0.481 e. The highest BCUT2D eigenvalue weighted by atomic mass is 32.2. The number of rotatable bonds is 7. The van der Waals surface area contributed by atoms with Gasteiger partial charge in [0.2, 0.25) is 5.13 Å².